The Balaban J connectivity index is 1.50. The summed E-state index contributed by atoms with van der Waals surface area (Å²) < 4.78 is 5.51. The molecule has 0 radical (unpaired) electrons. The predicted molar refractivity (Wildman–Crippen MR) is 88.1 cm³/mol. The summed E-state index contributed by atoms with van der Waals surface area (Å²) in [5.41, 5.74) is 2.74. The minimum Gasteiger partial charge on any atom is -0.378 e. The number of nitrogens with one attached hydrogen (secondary N) is 1. The van der Waals surface area contributed by atoms with Crippen molar-refractivity contribution in [1.82, 2.24) is 5.32 Å². The molecule has 2 aliphatic heterocycles. The molecule has 1 aromatic rings. The maximum Gasteiger partial charge on any atom is 0.223 e. The third kappa shape index (κ3) is 3.27. The summed E-state index contributed by atoms with van der Waals surface area (Å²) >= 11 is 0. The Morgan fingerprint density at radius 1 is 1.36 bits per heavy atom. The molecular weight excluding hydrogens is 276 g/mol. The third-order valence-electron chi connectivity index (χ3n) is 4.86. The van der Waals surface area contributed by atoms with E-state index in [9.17, 15) is 4.79 Å². The standard InChI is InChI=1S/C18H26N2O2/c1-13-11-15-5-3-4-6-17(15)20(13)9-8-19-18(21)16-7-10-22-14(2)12-16/h3-6,13-14,16H,7-12H2,1-2H3,(H,19,21). The van der Waals surface area contributed by atoms with E-state index in [2.05, 4.69) is 41.4 Å². The fraction of sp³-hybridized carbons (Fsp3) is 0.611. The van der Waals surface area contributed by atoms with Gasteiger partial charge < -0.3 is 15.0 Å². The molecule has 3 atom stereocenters. The predicted octanol–water partition coefficient (Wildman–Crippen LogP) is 2.37. The van der Waals surface area contributed by atoms with Crippen LogP contribution in [-0.4, -0.2) is 37.7 Å². The number of hydrogen-bond donors (Lipinski definition) is 1. The quantitative estimate of drug-likeness (QED) is 0.928. The highest BCUT2D eigenvalue weighted by Crippen LogP contribution is 2.31. The summed E-state index contributed by atoms with van der Waals surface area (Å²) in [6.45, 7) is 6.59. The molecule has 1 saturated heterocycles. The van der Waals surface area contributed by atoms with Gasteiger partial charge >= 0.3 is 0 Å². The molecule has 0 aliphatic carbocycles. The number of carbonyl (C=O) groups is 1. The normalized spacial score (nSPS) is 27.5. The second-order valence-corrected chi connectivity index (χ2v) is 6.57. The smallest absolute Gasteiger partial charge is 0.223 e. The Bertz CT molecular complexity index is 532. The van der Waals surface area contributed by atoms with E-state index in [1.807, 2.05) is 6.92 Å². The summed E-state index contributed by atoms with van der Waals surface area (Å²) in [6.07, 6.45) is 2.99. The van der Waals surface area contributed by atoms with Crippen molar-refractivity contribution in [3.8, 4) is 0 Å². The molecule has 0 spiro atoms. The Morgan fingerprint density at radius 3 is 3.00 bits per heavy atom. The van der Waals surface area contributed by atoms with Gasteiger partial charge in [-0.1, -0.05) is 18.2 Å². The number of rotatable bonds is 4. The number of carbonyl (C=O) groups excluding carboxylic acids is 1. The van der Waals surface area contributed by atoms with Gasteiger partial charge in [0.1, 0.15) is 0 Å². The van der Waals surface area contributed by atoms with E-state index in [1.54, 1.807) is 0 Å². The number of nitrogens with zero attached hydrogens (tertiary/aromatic N) is 1. The lowest BCUT2D eigenvalue weighted by molar-refractivity contribution is -0.129. The summed E-state index contributed by atoms with van der Waals surface area (Å²) in [6, 6.07) is 9.08. The SMILES string of the molecule is CC1CC(C(=O)NCCN2c3ccccc3CC2C)CCO1. The van der Waals surface area contributed by atoms with Crippen LogP contribution in [-0.2, 0) is 16.0 Å². The average Bonchev–Trinajstić information content (AvgIpc) is 2.83. The van der Waals surface area contributed by atoms with Crippen LogP contribution in [0.1, 0.15) is 32.3 Å². The molecule has 0 saturated carbocycles. The first-order chi connectivity index (χ1) is 10.6. The van der Waals surface area contributed by atoms with Gasteiger partial charge in [0.2, 0.25) is 5.91 Å². The summed E-state index contributed by atoms with van der Waals surface area (Å²) in [7, 11) is 0. The number of para-hydroxylation sites is 1. The van der Waals surface area contributed by atoms with Crippen molar-refractivity contribution in [2.75, 3.05) is 24.6 Å². The van der Waals surface area contributed by atoms with Crippen LogP contribution in [0.2, 0.25) is 0 Å². The molecule has 2 aliphatic rings. The molecule has 22 heavy (non-hydrogen) atoms. The van der Waals surface area contributed by atoms with Crippen LogP contribution in [0, 0.1) is 5.92 Å². The Labute approximate surface area is 132 Å². The fourth-order valence-corrected chi connectivity index (χ4v) is 3.65. The Morgan fingerprint density at radius 2 is 2.18 bits per heavy atom. The van der Waals surface area contributed by atoms with E-state index in [4.69, 9.17) is 4.74 Å². The fourth-order valence-electron chi connectivity index (χ4n) is 3.65. The minimum absolute atomic E-state index is 0.118. The molecule has 2 heterocycles. The molecule has 1 aromatic carbocycles. The molecule has 0 bridgehead atoms. The maximum atomic E-state index is 12.3. The number of amides is 1. The molecular formula is C18H26N2O2. The number of hydrogen-bond acceptors (Lipinski definition) is 3. The van der Waals surface area contributed by atoms with Crippen LogP contribution in [0.4, 0.5) is 5.69 Å². The molecule has 3 unspecified atom stereocenters. The zero-order valence-electron chi connectivity index (χ0n) is 13.5. The summed E-state index contributed by atoms with van der Waals surface area (Å²) in [5.74, 6) is 0.308. The highest BCUT2D eigenvalue weighted by molar-refractivity contribution is 5.78. The van der Waals surface area contributed by atoms with Gasteiger partial charge in [-0.15, -0.1) is 0 Å². The van der Waals surface area contributed by atoms with Crippen LogP contribution >= 0.6 is 0 Å². The van der Waals surface area contributed by atoms with E-state index in [-0.39, 0.29) is 17.9 Å². The highest BCUT2D eigenvalue weighted by Gasteiger charge is 2.27. The second kappa shape index (κ2) is 6.69. The average molecular weight is 302 g/mol. The van der Waals surface area contributed by atoms with Crippen molar-refractivity contribution in [1.29, 1.82) is 0 Å². The van der Waals surface area contributed by atoms with Gasteiger partial charge in [-0.2, -0.15) is 0 Å². The lowest BCUT2D eigenvalue weighted by Crippen LogP contribution is -2.41. The van der Waals surface area contributed by atoms with Crippen LogP contribution in [0.25, 0.3) is 0 Å². The van der Waals surface area contributed by atoms with Crippen LogP contribution < -0.4 is 10.2 Å². The number of fused-ring (bicyclic) bond motifs is 1. The van der Waals surface area contributed by atoms with Gasteiger partial charge in [-0.05, 0) is 44.7 Å². The van der Waals surface area contributed by atoms with Crippen molar-refractivity contribution in [2.45, 2.75) is 45.3 Å². The molecule has 3 rings (SSSR count). The molecule has 1 fully saturated rings. The topological polar surface area (TPSA) is 41.6 Å². The zero-order valence-corrected chi connectivity index (χ0v) is 13.5. The van der Waals surface area contributed by atoms with E-state index >= 15 is 0 Å². The monoisotopic (exact) mass is 302 g/mol. The molecule has 1 amide bonds. The maximum absolute atomic E-state index is 12.3. The Hall–Kier alpha value is -1.55. The first kappa shape index (κ1) is 15.3. The van der Waals surface area contributed by atoms with Crippen LogP contribution in [0.3, 0.4) is 0 Å². The van der Waals surface area contributed by atoms with Crippen molar-refractivity contribution < 1.29 is 9.53 Å². The van der Waals surface area contributed by atoms with Gasteiger partial charge in [0.05, 0.1) is 6.10 Å². The van der Waals surface area contributed by atoms with Crippen LogP contribution in [0.5, 0.6) is 0 Å². The highest BCUT2D eigenvalue weighted by atomic mass is 16.5. The lowest BCUT2D eigenvalue weighted by atomic mass is 9.95. The first-order valence-corrected chi connectivity index (χ1v) is 8.39. The van der Waals surface area contributed by atoms with E-state index in [0.717, 1.165) is 25.8 Å². The van der Waals surface area contributed by atoms with Gasteiger partial charge in [-0.25, -0.2) is 0 Å². The van der Waals surface area contributed by atoms with Crippen molar-refractivity contribution in [3.63, 3.8) is 0 Å². The van der Waals surface area contributed by atoms with E-state index in [1.165, 1.54) is 11.3 Å². The number of benzene rings is 1. The number of ether oxygens (including phenoxy) is 1. The summed E-state index contributed by atoms with van der Waals surface area (Å²) in [4.78, 5) is 14.7. The van der Waals surface area contributed by atoms with Gasteiger partial charge in [0.15, 0.2) is 0 Å². The van der Waals surface area contributed by atoms with Crippen LogP contribution in [0.15, 0.2) is 24.3 Å². The van der Waals surface area contributed by atoms with E-state index < -0.39 is 0 Å². The molecule has 1 N–H and O–H groups in total. The minimum atomic E-state index is 0.118. The lowest BCUT2D eigenvalue weighted by Gasteiger charge is -2.28. The van der Waals surface area contributed by atoms with Gasteiger partial charge in [-0.3, -0.25) is 4.79 Å². The molecule has 0 aromatic heterocycles. The Kier molecular flexibility index (Phi) is 4.67. The molecule has 120 valence electrons. The molecule has 4 nitrogen and oxygen atoms in total. The summed E-state index contributed by atoms with van der Waals surface area (Å²) in [5, 5.41) is 3.12. The van der Waals surface area contributed by atoms with Crippen molar-refractivity contribution >= 4 is 11.6 Å². The van der Waals surface area contributed by atoms with Crippen molar-refractivity contribution in [3.05, 3.63) is 29.8 Å². The largest absolute Gasteiger partial charge is 0.378 e. The zero-order chi connectivity index (χ0) is 15.5. The first-order valence-electron chi connectivity index (χ1n) is 8.39. The third-order valence-corrected chi connectivity index (χ3v) is 4.86. The molecule has 4 heteroatoms. The second-order valence-electron chi connectivity index (χ2n) is 6.57. The van der Waals surface area contributed by atoms with Gasteiger partial charge in [0, 0.05) is 37.3 Å². The van der Waals surface area contributed by atoms with E-state index in [0.29, 0.717) is 19.2 Å². The number of anilines is 1. The van der Waals surface area contributed by atoms with Crippen molar-refractivity contribution in [2.24, 2.45) is 5.92 Å². The van der Waals surface area contributed by atoms with Gasteiger partial charge in [0.25, 0.3) is 0 Å².